The molecule has 2 fully saturated rings. The summed E-state index contributed by atoms with van der Waals surface area (Å²) in [4.78, 5) is 4.26. The van der Waals surface area contributed by atoms with Gasteiger partial charge in [-0.3, -0.25) is 0 Å². The Kier molecular flexibility index (Phi) is 4.43. The second kappa shape index (κ2) is 6.96. The van der Waals surface area contributed by atoms with Crippen LogP contribution in [0.4, 0.5) is 8.78 Å². The highest BCUT2D eigenvalue weighted by Gasteiger charge is 2.34. The number of halogens is 2. The van der Waals surface area contributed by atoms with Gasteiger partial charge in [0.25, 0.3) is 0 Å². The SMILES string of the molecule is O[C@@H](c1c(C2CC2)ccc2cncn12)[C@H]1CC[C@H](c2ccc(F)c(F)c2)CC1. The van der Waals surface area contributed by atoms with Crippen molar-refractivity contribution in [3.05, 3.63) is 71.3 Å². The fraction of sp³-hybridized carbons (Fsp3) is 0.435. The fourth-order valence-corrected chi connectivity index (χ4v) is 4.84. The zero-order valence-electron chi connectivity index (χ0n) is 15.7. The molecule has 3 nitrogen and oxygen atoms in total. The first-order valence-corrected chi connectivity index (χ1v) is 10.2. The predicted octanol–water partition coefficient (Wildman–Crippen LogP) is 5.50. The number of benzene rings is 1. The third-order valence-corrected chi connectivity index (χ3v) is 6.59. The molecule has 2 aromatic heterocycles. The molecule has 0 bridgehead atoms. The summed E-state index contributed by atoms with van der Waals surface area (Å²) in [5, 5.41) is 11.3. The minimum Gasteiger partial charge on any atom is -0.387 e. The molecule has 1 atom stereocenters. The largest absolute Gasteiger partial charge is 0.387 e. The van der Waals surface area contributed by atoms with Crippen molar-refractivity contribution in [1.29, 1.82) is 0 Å². The van der Waals surface area contributed by atoms with E-state index in [4.69, 9.17) is 0 Å². The van der Waals surface area contributed by atoms with Crippen LogP contribution in [0.25, 0.3) is 5.52 Å². The molecule has 0 saturated heterocycles. The van der Waals surface area contributed by atoms with Crippen LogP contribution in [0.2, 0.25) is 0 Å². The van der Waals surface area contributed by atoms with Crippen LogP contribution < -0.4 is 0 Å². The quantitative estimate of drug-likeness (QED) is 0.647. The van der Waals surface area contributed by atoms with E-state index in [1.54, 1.807) is 12.4 Å². The van der Waals surface area contributed by atoms with Gasteiger partial charge in [-0.25, -0.2) is 13.8 Å². The second-order valence-corrected chi connectivity index (χ2v) is 8.37. The normalized spacial score (nSPS) is 23.8. The number of aliphatic hydroxyl groups is 1. The number of aliphatic hydroxyl groups excluding tert-OH is 1. The molecule has 0 unspecified atom stereocenters. The average molecular weight is 382 g/mol. The molecule has 0 spiro atoms. The number of hydrogen-bond acceptors (Lipinski definition) is 2. The third-order valence-electron chi connectivity index (χ3n) is 6.59. The maximum absolute atomic E-state index is 13.6. The van der Waals surface area contributed by atoms with Gasteiger partial charge in [0.2, 0.25) is 0 Å². The van der Waals surface area contributed by atoms with E-state index in [1.807, 2.05) is 10.6 Å². The Bertz CT molecular complexity index is 1000. The van der Waals surface area contributed by atoms with Gasteiger partial charge in [0.1, 0.15) is 0 Å². The number of hydrogen-bond donors (Lipinski definition) is 1. The van der Waals surface area contributed by atoms with Crippen LogP contribution in [0.5, 0.6) is 0 Å². The van der Waals surface area contributed by atoms with E-state index in [0.717, 1.165) is 42.5 Å². The molecule has 146 valence electrons. The van der Waals surface area contributed by atoms with Crippen molar-refractivity contribution in [3.8, 4) is 0 Å². The summed E-state index contributed by atoms with van der Waals surface area (Å²) >= 11 is 0. The molecule has 2 aliphatic carbocycles. The molecule has 0 radical (unpaired) electrons. The zero-order valence-corrected chi connectivity index (χ0v) is 15.7. The Morgan fingerprint density at radius 1 is 0.929 bits per heavy atom. The lowest BCUT2D eigenvalue weighted by Crippen LogP contribution is -2.22. The lowest BCUT2D eigenvalue weighted by atomic mass is 9.75. The van der Waals surface area contributed by atoms with Gasteiger partial charge in [-0.15, -0.1) is 0 Å². The summed E-state index contributed by atoms with van der Waals surface area (Å²) in [6, 6.07) is 8.47. The summed E-state index contributed by atoms with van der Waals surface area (Å²) in [6.45, 7) is 0. The number of pyridine rings is 1. The van der Waals surface area contributed by atoms with E-state index >= 15 is 0 Å². The van der Waals surface area contributed by atoms with Gasteiger partial charge < -0.3 is 9.51 Å². The Morgan fingerprint density at radius 3 is 2.39 bits per heavy atom. The van der Waals surface area contributed by atoms with Gasteiger partial charge in [0, 0.05) is 0 Å². The minimum absolute atomic E-state index is 0.173. The van der Waals surface area contributed by atoms with E-state index in [0.29, 0.717) is 5.92 Å². The van der Waals surface area contributed by atoms with Gasteiger partial charge in [-0.1, -0.05) is 12.1 Å². The molecule has 28 heavy (non-hydrogen) atoms. The minimum atomic E-state index is -0.797. The molecule has 1 N–H and O–H groups in total. The van der Waals surface area contributed by atoms with E-state index in [2.05, 4.69) is 17.1 Å². The number of imidazole rings is 1. The van der Waals surface area contributed by atoms with Crippen LogP contribution in [0, 0.1) is 17.6 Å². The summed E-state index contributed by atoms with van der Waals surface area (Å²) in [5.41, 5.74) is 4.12. The molecule has 3 aromatic rings. The third kappa shape index (κ3) is 3.12. The van der Waals surface area contributed by atoms with E-state index in [-0.39, 0.29) is 11.8 Å². The lowest BCUT2D eigenvalue weighted by Gasteiger charge is -2.33. The summed E-state index contributed by atoms with van der Waals surface area (Å²) in [5.74, 6) is -0.623. The highest BCUT2D eigenvalue weighted by molar-refractivity contribution is 5.50. The smallest absolute Gasteiger partial charge is 0.159 e. The number of fused-ring (bicyclic) bond motifs is 1. The first kappa shape index (κ1) is 17.8. The molecule has 2 heterocycles. The van der Waals surface area contributed by atoms with Crippen molar-refractivity contribution in [1.82, 2.24) is 9.38 Å². The molecular weight excluding hydrogens is 358 g/mol. The van der Waals surface area contributed by atoms with Crippen LogP contribution in [-0.4, -0.2) is 14.5 Å². The van der Waals surface area contributed by atoms with Crippen molar-refractivity contribution >= 4 is 5.52 Å². The first-order chi connectivity index (χ1) is 13.6. The van der Waals surface area contributed by atoms with Gasteiger partial charge in [-0.05, 0) is 85.6 Å². The van der Waals surface area contributed by atoms with Crippen molar-refractivity contribution in [3.63, 3.8) is 0 Å². The molecule has 5 heteroatoms. The second-order valence-electron chi connectivity index (χ2n) is 8.37. The molecule has 2 aliphatic rings. The van der Waals surface area contributed by atoms with Gasteiger partial charge in [-0.2, -0.15) is 0 Å². The van der Waals surface area contributed by atoms with Gasteiger partial charge in [0.05, 0.1) is 29.8 Å². The predicted molar refractivity (Wildman–Crippen MR) is 103 cm³/mol. The van der Waals surface area contributed by atoms with Crippen molar-refractivity contribution in [2.45, 2.75) is 56.5 Å². The van der Waals surface area contributed by atoms with Gasteiger partial charge in [0.15, 0.2) is 11.6 Å². The maximum Gasteiger partial charge on any atom is 0.159 e. The maximum atomic E-state index is 13.6. The standard InChI is InChI=1S/C23H24F2N2O/c24-20-10-7-17(11-21(20)25)14-1-5-16(6-2-14)23(28)22-19(15-3-4-15)9-8-18-12-26-13-27(18)22/h7-16,23,28H,1-6H2/t14-,16-,23-/m1/s1. The fourth-order valence-electron chi connectivity index (χ4n) is 4.84. The van der Waals surface area contributed by atoms with Crippen LogP contribution in [-0.2, 0) is 0 Å². The van der Waals surface area contributed by atoms with Crippen molar-refractivity contribution in [2.24, 2.45) is 5.92 Å². The first-order valence-electron chi connectivity index (χ1n) is 10.2. The highest BCUT2D eigenvalue weighted by atomic mass is 19.2. The van der Waals surface area contributed by atoms with E-state index < -0.39 is 17.7 Å². The molecule has 2 saturated carbocycles. The lowest BCUT2D eigenvalue weighted by molar-refractivity contribution is 0.0754. The Hall–Kier alpha value is -2.27. The number of rotatable bonds is 4. The zero-order chi connectivity index (χ0) is 19.3. The van der Waals surface area contributed by atoms with Crippen LogP contribution in [0.15, 0.2) is 42.9 Å². The molecule has 5 rings (SSSR count). The number of nitrogens with zero attached hydrogens (tertiary/aromatic N) is 2. The Balaban J connectivity index is 1.37. The molecule has 1 aromatic carbocycles. The molecular formula is C23H24F2N2O. The van der Waals surface area contributed by atoms with Gasteiger partial charge >= 0.3 is 0 Å². The monoisotopic (exact) mass is 382 g/mol. The van der Waals surface area contributed by atoms with Crippen LogP contribution in [0.1, 0.15) is 73.3 Å². The Labute approximate surface area is 163 Å². The Morgan fingerprint density at radius 2 is 1.68 bits per heavy atom. The summed E-state index contributed by atoms with van der Waals surface area (Å²) in [7, 11) is 0. The average Bonchev–Trinajstić information content (AvgIpc) is 3.45. The van der Waals surface area contributed by atoms with Crippen molar-refractivity contribution < 1.29 is 13.9 Å². The van der Waals surface area contributed by atoms with Crippen LogP contribution >= 0.6 is 0 Å². The summed E-state index contributed by atoms with van der Waals surface area (Å²) in [6.07, 6.45) is 8.97. The van der Waals surface area contributed by atoms with E-state index in [1.165, 1.54) is 30.5 Å². The van der Waals surface area contributed by atoms with E-state index in [9.17, 15) is 13.9 Å². The number of aromatic nitrogens is 2. The van der Waals surface area contributed by atoms with Crippen molar-refractivity contribution in [2.75, 3.05) is 0 Å². The topological polar surface area (TPSA) is 37.5 Å². The highest BCUT2D eigenvalue weighted by Crippen LogP contribution is 2.47. The summed E-state index contributed by atoms with van der Waals surface area (Å²) < 4.78 is 28.8. The molecule has 0 amide bonds. The molecule has 0 aliphatic heterocycles. The van der Waals surface area contributed by atoms with Crippen LogP contribution in [0.3, 0.4) is 0 Å².